The monoisotopic (exact) mass is 255 g/mol. The number of methoxy groups -OCH3 is 2. The van der Waals surface area contributed by atoms with Crippen LogP contribution in [0.3, 0.4) is 0 Å². The maximum atomic E-state index is 12.4. The van der Waals surface area contributed by atoms with E-state index in [0.717, 1.165) is 5.56 Å². The van der Waals surface area contributed by atoms with E-state index < -0.39 is 0 Å². The Balaban J connectivity index is 2.48. The zero-order valence-corrected chi connectivity index (χ0v) is 11.2. The van der Waals surface area contributed by atoms with Crippen LogP contribution in [0.4, 0.5) is 0 Å². The molecule has 0 spiro atoms. The van der Waals surface area contributed by atoms with Crippen molar-refractivity contribution in [2.75, 3.05) is 14.2 Å². The molecule has 3 nitrogen and oxygen atoms in total. The molecule has 2 aromatic carbocycles. The van der Waals surface area contributed by atoms with Crippen molar-refractivity contribution >= 4 is 5.78 Å². The van der Waals surface area contributed by atoms with Crippen molar-refractivity contribution in [2.24, 2.45) is 0 Å². The molecule has 0 saturated carbocycles. The highest BCUT2D eigenvalue weighted by Gasteiger charge is 2.14. The molecule has 0 aromatic heterocycles. The Morgan fingerprint density at radius 3 is 2.21 bits per heavy atom. The lowest BCUT2D eigenvalue weighted by Gasteiger charge is -2.12. The van der Waals surface area contributed by atoms with Crippen molar-refractivity contribution in [1.29, 1.82) is 0 Å². The Bertz CT molecular complexity index is 563. The quantitative estimate of drug-likeness (QED) is 0.788. The standard InChI is InChI=1S/C16H15O3/c1-11-14(18-2)9-13(10-15(11)19-3)16(17)12-7-5-4-6-8-12/h4-7,9-10H,1-3H3. The third-order valence-electron chi connectivity index (χ3n) is 2.97. The van der Waals surface area contributed by atoms with Crippen molar-refractivity contribution in [1.82, 2.24) is 0 Å². The molecule has 0 heterocycles. The Morgan fingerprint density at radius 2 is 1.74 bits per heavy atom. The van der Waals surface area contributed by atoms with E-state index in [0.29, 0.717) is 22.6 Å². The summed E-state index contributed by atoms with van der Waals surface area (Å²) in [7, 11) is 3.15. The van der Waals surface area contributed by atoms with Crippen LogP contribution in [0.5, 0.6) is 11.5 Å². The fourth-order valence-corrected chi connectivity index (χ4v) is 1.91. The average Bonchev–Trinajstić information content (AvgIpc) is 2.47. The maximum absolute atomic E-state index is 12.4. The summed E-state index contributed by atoms with van der Waals surface area (Å²) in [6, 6.07) is 13.5. The molecule has 1 radical (unpaired) electrons. The van der Waals surface area contributed by atoms with E-state index in [-0.39, 0.29) is 5.78 Å². The Hall–Kier alpha value is -2.29. The summed E-state index contributed by atoms with van der Waals surface area (Å²) in [6.45, 7) is 1.89. The molecule has 0 aliphatic heterocycles. The summed E-state index contributed by atoms with van der Waals surface area (Å²) in [4.78, 5) is 12.4. The number of hydrogen-bond donors (Lipinski definition) is 0. The zero-order valence-electron chi connectivity index (χ0n) is 11.2. The van der Waals surface area contributed by atoms with Crippen molar-refractivity contribution in [2.45, 2.75) is 6.92 Å². The molecule has 97 valence electrons. The van der Waals surface area contributed by atoms with Crippen LogP contribution in [0.15, 0.2) is 36.4 Å². The zero-order chi connectivity index (χ0) is 13.8. The first-order valence-corrected chi connectivity index (χ1v) is 5.91. The largest absolute Gasteiger partial charge is 0.496 e. The predicted octanol–water partition coefficient (Wildman–Crippen LogP) is 3.04. The van der Waals surface area contributed by atoms with E-state index in [4.69, 9.17) is 9.47 Å². The number of carbonyl (C=O) groups is 1. The van der Waals surface area contributed by atoms with E-state index in [1.54, 1.807) is 38.5 Å². The highest BCUT2D eigenvalue weighted by molar-refractivity contribution is 6.09. The molecule has 0 aliphatic rings. The minimum absolute atomic E-state index is 0.0998. The average molecular weight is 255 g/mol. The van der Waals surface area contributed by atoms with Gasteiger partial charge in [-0.05, 0) is 25.1 Å². The summed E-state index contributed by atoms with van der Waals surface area (Å²) in [5, 5.41) is 0. The topological polar surface area (TPSA) is 35.5 Å². The van der Waals surface area contributed by atoms with Gasteiger partial charge in [-0.1, -0.05) is 24.3 Å². The molecule has 0 unspecified atom stereocenters. The first kappa shape index (κ1) is 13.1. The van der Waals surface area contributed by atoms with Crippen LogP contribution < -0.4 is 9.47 Å². The second-order valence-electron chi connectivity index (χ2n) is 4.11. The number of ketones is 1. The molecule has 0 bridgehead atoms. The number of hydrogen-bond acceptors (Lipinski definition) is 3. The van der Waals surface area contributed by atoms with Gasteiger partial charge in [-0.3, -0.25) is 4.79 Å². The van der Waals surface area contributed by atoms with E-state index in [9.17, 15) is 4.79 Å². The lowest BCUT2D eigenvalue weighted by Crippen LogP contribution is -2.03. The molecule has 0 aliphatic carbocycles. The third kappa shape index (κ3) is 2.60. The molecule has 19 heavy (non-hydrogen) atoms. The summed E-state index contributed by atoms with van der Waals surface area (Å²) in [5.41, 5.74) is 1.93. The predicted molar refractivity (Wildman–Crippen MR) is 73.0 cm³/mol. The van der Waals surface area contributed by atoms with Gasteiger partial charge in [0, 0.05) is 16.7 Å². The molecule has 2 aromatic rings. The lowest BCUT2D eigenvalue weighted by atomic mass is 10.0. The Labute approximate surface area is 112 Å². The summed E-state index contributed by atoms with van der Waals surface area (Å²) in [6.07, 6.45) is 0. The highest BCUT2D eigenvalue weighted by Crippen LogP contribution is 2.30. The van der Waals surface area contributed by atoms with Gasteiger partial charge in [0.05, 0.1) is 14.2 Å². The molecule has 3 heteroatoms. The van der Waals surface area contributed by atoms with Gasteiger partial charge in [0.15, 0.2) is 5.78 Å². The van der Waals surface area contributed by atoms with Crippen LogP contribution in [-0.2, 0) is 0 Å². The van der Waals surface area contributed by atoms with Gasteiger partial charge >= 0.3 is 0 Å². The third-order valence-corrected chi connectivity index (χ3v) is 2.97. The molecule has 0 atom stereocenters. The van der Waals surface area contributed by atoms with E-state index in [1.807, 2.05) is 19.1 Å². The van der Waals surface area contributed by atoms with Crippen LogP contribution in [0.2, 0.25) is 0 Å². The van der Waals surface area contributed by atoms with Crippen molar-refractivity contribution in [3.05, 3.63) is 59.2 Å². The molecule has 2 rings (SSSR count). The van der Waals surface area contributed by atoms with Crippen molar-refractivity contribution < 1.29 is 14.3 Å². The van der Waals surface area contributed by atoms with Crippen LogP contribution in [0.25, 0.3) is 0 Å². The summed E-state index contributed by atoms with van der Waals surface area (Å²) in [5.74, 6) is 1.18. The van der Waals surface area contributed by atoms with E-state index in [1.165, 1.54) is 0 Å². The normalized spacial score (nSPS) is 10.1. The minimum Gasteiger partial charge on any atom is -0.496 e. The Kier molecular flexibility index (Phi) is 3.85. The van der Waals surface area contributed by atoms with E-state index in [2.05, 4.69) is 6.07 Å². The van der Waals surface area contributed by atoms with Crippen LogP contribution in [0.1, 0.15) is 21.5 Å². The second-order valence-corrected chi connectivity index (χ2v) is 4.11. The SMILES string of the molecule is COc1cc(C(=O)c2[c]cccc2)cc(OC)c1C. The number of ether oxygens (including phenoxy) is 2. The van der Waals surface area contributed by atoms with Crippen LogP contribution in [0, 0.1) is 13.0 Å². The number of rotatable bonds is 4. The molecular weight excluding hydrogens is 240 g/mol. The van der Waals surface area contributed by atoms with Gasteiger partial charge in [0.25, 0.3) is 0 Å². The first-order chi connectivity index (χ1) is 9.17. The fourth-order valence-electron chi connectivity index (χ4n) is 1.91. The van der Waals surface area contributed by atoms with Gasteiger partial charge in [-0.15, -0.1) is 0 Å². The van der Waals surface area contributed by atoms with Gasteiger partial charge in [0.2, 0.25) is 0 Å². The maximum Gasteiger partial charge on any atom is 0.193 e. The smallest absolute Gasteiger partial charge is 0.193 e. The minimum atomic E-state index is -0.0998. The molecule has 0 saturated heterocycles. The van der Waals surface area contributed by atoms with Crippen molar-refractivity contribution in [3.63, 3.8) is 0 Å². The molecule has 0 N–H and O–H groups in total. The van der Waals surface area contributed by atoms with E-state index >= 15 is 0 Å². The second kappa shape index (κ2) is 5.57. The van der Waals surface area contributed by atoms with Crippen molar-refractivity contribution in [3.8, 4) is 11.5 Å². The van der Waals surface area contributed by atoms with Gasteiger partial charge in [-0.2, -0.15) is 0 Å². The first-order valence-electron chi connectivity index (χ1n) is 5.91. The van der Waals surface area contributed by atoms with Gasteiger partial charge in [-0.25, -0.2) is 0 Å². The number of carbonyl (C=O) groups excluding carboxylic acids is 1. The fraction of sp³-hybridized carbons (Fsp3) is 0.188. The molecule has 0 amide bonds. The number of benzene rings is 2. The summed E-state index contributed by atoms with van der Waals surface area (Å²) < 4.78 is 10.5. The van der Waals surface area contributed by atoms with Crippen LogP contribution in [-0.4, -0.2) is 20.0 Å². The molecule has 0 fully saturated rings. The molecular formula is C16H15O3. The van der Waals surface area contributed by atoms with Gasteiger partial charge < -0.3 is 9.47 Å². The Morgan fingerprint density at radius 1 is 1.11 bits per heavy atom. The van der Waals surface area contributed by atoms with Gasteiger partial charge in [0.1, 0.15) is 11.5 Å². The highest BCUT2D eigenvalue weighted by atomic mass is 16.5. The summed E-state index contributed by atoms with van der Waals surface area (Å²) >= 11 is 0. The van der Waals surface area contributed by atoms with Crippen LogP contribution >= 0.6 is 0 Å². The lowest BCUT2D eigenvalue weighted by molar-refractivity contribution is 0.103.